The number of Topliss-reactive ketones (excluding diaryl/α,β-unsaturated/α-hetero) is 2. The minimum Gasteiger partial charge on any atom is -0.456 e. The number of carbonyl (C=O) groups excluding carboxylic acids is 4. The van der Waals surface area contributed by atoms with Gasteiger partial charge in [0.2, 0.25) is 22.4 Å². The normalized spacial score (nSPS) is 30.6. The topological polar surface area (TPSA) is 145 Å². The second kappa shape index (κ2) is 34.3. The molecule has 0 N–H and O–H groups in total. The molecule has 1 unspecified atom stereocenters. The molecule has 90 heavy (non-hydrogen) atoms. The van der Waals surface area contributed by atoms with E-state index in [1.165, 1.54) is 10.5 Å². The first-order valence-corrected chi connectivity index (χ1v) is 45.3. The van der Waals surface area contributed by atoms with Crippen LogP contribution in [0.15, 0.2) is 36.0 Å². The van der Waals surface area contributed by atoms with Crippen molar-refractivity contribution in [2.75, 3.05) is 27.9 Å². The lowest BCUT2D eigenvalue weighted by Crippen LogP contribution is -2.54. The largest absolute Gasteiger partial charge is 0.456 e. The Balaban J connectivity index is 2.52. The smallest absolute Gasteiger partial charge is 0.329 e. The Morgan fingerprint density at radius 1 is 0.633 bits per heavy atom. The van der Waals surface area contributed by atoms with E-state index in [4.69, 9.17) is 36.7 Å². The fourth-order valence-electron chi connectivity index (χ4n) is 15.7. The Hall–Kier alpha value is -1.91. The quantitative estimate of drug-likeness (QED) is 0.0467. The number of ketones is 2. The van der Waals surface area contributed by atoms with Gasteiger partial charge in [-0.2, -0.15) is 0 Å². The average Bonchev–Trinajstić information content (AvgIpc) is 0.919. The lowest BCUT2D eigenvalue weighted by molar-refractivity contribution is -0.162. The highest BCUT2D eigenvalue weighted by Gasteiger charge is 2.53. The Morgan fingerprint density at radius 3 is 1.58 bits per heavy atom. The molecule has 1 amide bonds. The summed E-state index contributed by atoms with van der Waals surface area (Å²) in [6.45, 7) is 65.5. The van der Waals surface area contributed by atoms with Crippen LogP contribution in [0.1, 0.15) is 223 Å². The van der Waals surface area contributed by atoms with Crippen molar-refractivity contribution < 1.29 is 55.8 Å². The van der Waals surface area contributed by atoms with E-state index in [0.29, 0.717) is 58.9 Å². The standard InChI is InChI=1S/C73H137NO12Si4/c1-32-34-58-40-52(14)39-53(15)41-64(80-26)69(86-88(30,31)73(22,23)24)65(81-27)43-54(16)66(75)67(76)70(77)74-38-33-35-59(74)71(78)82-68(55(17)42-57-36-37-60(63(44-57)79-25)84-89(46(2)3,47(4)5)48(6)7)56(18)61(83-87(28,29)72(19,20)21)45-62(58)85-90(49(8)9,50(10)11)51(12)13/h32,40,42,46-51,53-54,56-65,68-69H,1,33-39,41,43-45H2,2-31H3/b52-40+,55-42+/t53-,54+,56+,57?,58+,59-,60+,61-,62+,63+,64-,65-,68+,69+/m0/s1. The van der Waals surface area contributed by atoms with Gasteiger partial charge in [-0.3, -0.25) is 14.4 Å². The fourth-order valence-corrected chi connectivity index (χ4v) is 29.7. The molecule has 3 rings (SSSR count). The fraction of sp³-hybridized carbons (Fsp3) is 0.863. The van der Waals surface area contributed by atoms with Crippen molar-refractivity contribution in [1.29, 1.82) is 0 Å². The van der Waals surface area contributed by atoms with Crippen molar-refractivity contribution >= 4 is 56.7 Å². The Bertz CT molecular complexity index is 2330. The number of hydrogen-bond acceptors (Lipinski definition) is 12. The summed E-state index contributed by atoms with van der Waals surface area (Å²) in [4.78, 5) is 60.4. The summed E-state index contributed by atoms with van der Waals surface area (Å²) < 4.78 is 57.0. The first kappa shape index (κ1) is 82.3. The van der Waals surface area contributed by atoms with Crippen LogP contribution in [-0.2, 0) is 55.8 Å². The number of allylic oxidation sites excluding steroid dienone is 3. The van der Waals surface area contributed by atoms with E-state index in [0.717, 1.165) is 31.3 Å². The number of nitrogens with zero attached hydrogens (tertiary/aromatic N) is 1. The van der Waals surface area contributed by atoms with Crippen LogP contribution in [0.25, 0.3) is 0 Å². The maximum Gasteiger partial charge on any atom is 0.329 e. The second-order valence-electron chi connectivity index (χ2n) is 33.2. The van der Waals surface area contributed by atoms with Crippen molar-refractivity contribution in [3.8, 4) is 0 Å². The van der Waals surface area contributed by atoms with Crippen LogP contribution in [0.5, 0.6) is 0 Å². The monoisotopic (exact) mass is 1330 g/mol. The Kier molecular flexibility index (Phi) is 31.4. The summed E-state index contributed by atoms with van der Waals surface area (Å²) in [6, 6.07) is -1.08. The van der Waals surface area contributed by atoms with Crippen LogP contribution in [-0.4, -0.2) is 144 Å². The highest BCUT2D eigenvalue weighted by molar-refractivity contribution is 6.78. The van der Waals surface area contributed by atoms with Gasteiger partial charge in [0.25, 0.3) is 11.7 Å². The molecular formula is C73H137NO12Si4. The zero-order valence-corrected chi connectivity index (χ0v) is 67.1. The number of amides is 1. The second-order valence-corrected chi connectivity index (χ2v) is 53.5. The third kappa shape index (κ3) is 20.1. The summed E-state index contributed by atoms with van der Waals surface area (Å²) in [6.07, 6.45) is 9.28. The van der Waals surface area contributed by atoms with E-state index >= 15 is 4.79 Å². The molecule has 1 saturated carbocycles. The van der Waals surface area contributed by atoms with E-state index in [9.17, 15) is 14.4 Å². The first-order chi connectivity index (χ1) is 41.4. The molecule has 17 heteroatoms. The molecule has 1 saturated heterocycles. The van der Waals surface area contributed by atoms with Crippen molar-refractivity contribution in [3.63, 3.8) is 0 Å². The van der Waals surface area contributed by atoms with E-state index in [2.05, 4.69) is 197 Å². The highest BCUT2D eigenvalue weighted by atomic mass is 28.4. The van der Waals surface area contributed by atoms with Gasteiger partial charge in [0.1, 0.15) is 12.1 Å². The van der Waals surface area contributed by atoms with Crippen LogP contribution in [0.4, 0.5) is 0 Å². The molecule has 0 radical (unpaired) electrons. The van der Waals surface area contributed by atoms with Crippen LogP contribution in [0.3, 0.4) is 0 Å². The predicted molar refractivity (Wildman–Crippen MR) is 382 cm³/mol. The molecule has 1 aliphatic carbocycles. The number of esters is 1. The van der Waals surface area contributed by atoms with Crippen molar-refractivity contribution in [3.05, 3.63) is 36.0 Å². The number of fused-ring (bicyclic) bond motifs is 1. The molecular weight excluding hydrogens is 1200 g/mol. The Morgan fingerprint density at radius 2 is 1.11 bits per heavy atom. The van der Waals surface area contributed by atoms with Crippen LogP contribution in [0.2, 0.25) is 69.5 Å². The lowest BCUT2D eigenvalue weighted by atomic mass is 9.81. The van der Waals surface area contributed by atoms with Gasteiger partial charge in [0.15, 0.2) is 16.6 Å². The van der Waals surface area contributed by atoms with Crippen LogP contribution in [0, 0.1) is 29.6 Å². The van der Waals surface area contributed by atoms with Gasteiger partial charge in [-0.25, -0.2) is 4.79 Å². The van der Waals surface area contributed by atoms with E-state index in [1.54, 1.807) is 21.1 Å². The summed E-state index contributed by atoms with van der Waals surface area (Å²) in [5.74, 6) is -4.75. The first-order valence-electron chi connectivity index (χ1n) is 35.2. The van der Waals surface area contributed by atoms with Crippen molar-refractivity contribution in [1.82, 2.24) is 4.90 Å². The predicted octanol–water partition coefficient (Wildman–Crippen LogP) is 18.3. The average molecular weight is 1330 g/mol. The molecule has 3 aliphatic rings. The minimum atomic E-state index is -2.62. The van der Waals surface area contributed by atoms with Gasteiger partial charge in [-0.1, -0.05) is 169 Å². The maximum atomic E-state index is 15.5. The third-order valence-electron chi connectivity index (χ3n) is 22.7. The molecule has 2 heterocycles. The zero-order valence-electron chi connectivity index (χ0n) is 63.1. The molecule has 13 nitrogen and oxygen atoms in total. The summed E-state index contributed by atoms with van der Waals surface area (Å²) in [5.41, 5.74) is 4.31. The van der Waals surface area contributed by atoms with Gasteiger partial charge >= 0.3 is 5.97 Å². The molecule has 2 fully saturated rings. The summed E-state index contributed by atoms with van der Waals surface area (Å²) in [7, 11) is -4.84. The van der Waals surface area contributed by atoms with E-state index < -0.39 is 105 Å². The van der Waals surface area contributed by atoms with Crippen molar-refractivity contribution in [2.45, 2.75) is 348 Å². The number of hydrogen-bond donors (Lipinski definition) is 0. The minimum absolute atomic E-state index is 0.0361. The number of carbonyl (C=O) groups is 4. The number of cyclic esters (lactones) is 1. The lowest BCUT2D eigenvalue weighted by Gasteiger charge is -2.48. The van der Waals surface area contributed by atoms with Gasteiger partial charge in [0, 0.05) is 45.6 Å². The molecule has 0 bridgehead atoms. The Labute approximate surface area is 555 Å². The summed E-state index contributed by atoms with van der Waals surface area (Å²) >= 11 is 0. The van der Waals surface area contributed by atoms with Gasteiger partial charge < -0.3 is 41.6 Å². The number of rotatable bonds is 21. The van der Waals surface area contributed by atoms with E-state index in [1.807, 2.05) is 13.2 Å². The van der Waals surface area contributed by atoms with Gasteiger partial charge in [-0.05, 0) is 165 Å². The molecule has 522 valence electrons. The number of methoxy groups -OCH3 is 3. The number of ether oxygens (including phenoxy) is 4. The van der Waals surface area contributed by atoms with Gasteiger partial charge in [0.05, 0.1) is 42.7 Å². The van der Waals surface area contributed by atoms with Crippen LogP contribution < -0.4 is 0 Å². The maximum absolute atomic E-state index is 15.5. The molecule has 0 aromatic heterocycles. The van der Waals surface area contributed by atoms with E-state index in [-0.39, 0.29) is 65.5 Å². The molecule has 0 aromatic carbocycles. The highest BCUT2D eigenvalue weighted by Crippen LogP contribution is 2.49. The molecule has 14 atom stereocenters. The molecule has 0 spiro atoms. The zero-order chi connectivity index (χ0) is 69.1. The van der Waals surface area contributed by atoms with Gasteiger partial charge in [-0.15, -0.1) is 6.58 Å². The van der Waals surface area contributed by atoms with Crippen LogP contribution >= 0.6 is 0 Å². The summed E-state index contributed by atoms with van der Waals surface area (Å²) in [5, 5.41) is -0.348. The molecule has 2 aliphatic heterocycles. The third-order valence-corrected chi connectivity index (χ3v) is 43.9. The van der Waals surface area contributed by atoms with Crippen molar-refractivity contribution in [2.24, 2.45) is 29.6 Å². The molecule has 0 aromatic rings. The SMILES string of the molecule is C=CC[C@@H]1/C=C(\C)C[C@H](C)C[C@H](OC)[C@@H](O[Si](C)(C)C(C)(C)C)[C@@H](OC)C[C@@H](C)C(=O)C(=O)C(=O)N2CCC[C@H]2C(=O)O[C@H](/C(C)=C/C2CC[C@@H](O[Si](C(C)C)(C(C)C)C(C)C)[C@H](OC)C2)[C@H](C)[C@@H](O[Si](C)(C)C(C)(C)C)C[C@H]1O[Si](C(C)C)(C(C)C)C(C)C.